The van der Waals surface area contributed by atoms with Crippen LogP contribution in [0.2, 0.25) is 0 Å². The predicted molar refractivity (Wildman–Crippen MR) is 32.2 cm³/mol. The van der Waals surface area contributed by atoms with Gasteiger partial charge in [-0.05, 0) is 0 Å². The van der Waals surface area contributed by atoms with Gasteiger partial charge >= 0.3 is 0 Å². The average molecular weight is 145 g/mol. The Morgan fingerprint density at radius 3 is 2.70 bits per heavy atom. The largest absolute Gasteiger partial charge is 0.294 e. The SMILES string of the molecule is O=C1CC=NC=C1C(F)F. The summed E-state index contributed by atoms with van der Waals surface area (Å²) in [5.41, 5.74) is -0.484. The van der Waals surface area contributed by atoms with Crippen molar-refractivity contribution in [1.29, 1.82) is 0 Å². The fourth-order valence-electron chi connectivity index (χ4n) is 0.637. The number of nitrogens with zero attached hydrogens (tertiary/aromatic N) is 1. The summed E-state index contributed by atoms with van der Waals surface area (Å²) in [5.74, 6) is -0.537. The van der Waals surface area contributed by atoms with Crippen LogP contribution in [0.1, 0.15) is 6.42 Å². The van der Waals surface area contributed by atoms with Crippen molar-refractivity contribution in [3.05, 3.63) is 11.8 Å². The second kappa shape index (κ2) is 2.68. The number of aliphatic imine (C=N–C) groups is 1. The molecular weight excluding hydrogens is 140 g/mol. The van der Waals surface area contributed by atoms with Crippen LogP contribution in [0, 0.1) is 0 Å². The van der Waals surface area contributed by atoms with Gasteiger partial charge in [0.15, 0.2) is 5.78 Å². The molecule has 0 aromatic rings. The second-order valence-electron chi connectivity index (χ2n) is 1.84. The third-order valence-corrected chi connectivity index (χ3v) is 1.15. The Labute approximate surface area is 56.3 Å². The lowest BCUT2D eigenvalue weighted by atomic mass is 10.1. The molecule has 1 rings (SSSR count). The van der Waals surface area contributed by atoms with Crippen LogP contribution >= 0.6 is 0 Å². The summed E-state index contributed by atoms with van der Waals surface area (Å²) in [6.45, 7) is 0. The lowest BCUT2D eigenvalue weighted by molar-refractivity contribution is -0.115. The fourth-order valence-corrected chi connectivity index (χ4v) is 0.637. The van der Waals surface area contributed by atoms with Gasteiger partial charge in [0.2, 0.25) is 0 Å². The molecule has 0 N–H and O–H groups in total. The monoisotopic (exact) mass is 145 g/mol. The van der Waals surface area contributed by atoms with E-state index >= 15 is 0 Å². The van der Waals surface area contributed by atoms with Gasteiger partial charge < -0.3 is 0 Å². The molecule has 0 spiro atoms. The van der Waals surface area contributed by atoms with E-state index in [1.54, 1.807) is 0 Å². The molecule has 0 amide bonds. The number of allylic oxidation sites excluding steroid dienone is 1. The number of ketones is 1. The summed E-state index contributed by atoms with van der Waals surface area (Å²) in [6, 6.07) is 0. The maximum atomic E-state index is 11.8. The van der Waals surface area contributed by atoms with E-state index in [1.807, 2.05) is 0 Å². The topological polar surface area (TPSA) is 29.4 Å². The van der Waals surface area contributed by atoms with E-state index in [0.717, 1.165) is 6.20 Å². The Hall–Kier alpha value is -1.06. The first-order chi connectivity index (χ1) is 4.72. The summed E-state index contributed by atoms with van der Waals surface area (Å²) < 4.78 is 23.6. The van der Waals surface area contributed by atoms with Gasteiger partial charge in [0, 0.05) is 18.8 Å². The molecule has 1 aliphatic rings. The Balaban J connectivity index is 2.80. The van der Waals surface area contributed by atoms with E-state index in [0.29, 0.717) is 0 Å². The molecule has 0 radical (unpaired) electrons. The maximum Gasteiger partial charge on any atom is 0.268 e. The molecule has 4 heteroatoms. The van der Waals surface area contributed by atoms with Crippen molar-refractivity contribution in [2.45, 2.75) is 12.8 Å². The van der Waals surface area contributed by atoms with Crippen LogP contribution in [0.5, 0.6) is 0 Å². The fraction of sp³-hybridized carbons (Fsp3) is 0.333. The number of rotatable bonds is 1. The molecule has 0 aromatic carbocycles. The van der Waals surface area contributed by atoms with E-state index in [1.165, 1.54) is 6.21 Å². The number of halogens is 2. The molecule has 0 bridgehead atoms. The number of alkyl halides is 2. The van der Waals surface area contributed by atoms with Crippen molar-refractivity contribution in [3.8, 4) is 0 Å². The first-order valence-electron chi connectivity index (χ1n) is 2.75. The molecular formula is C6H5F2NO. The molecule has 0 atom stereocenters. The van der Waals surface area contributed by atoms with E-state index in [4.69, 9.17) is 0 Å². The number of hydrogen-bond acceptors (Lipinski definition) is 2. The van der Waals surface area contributed by atoms with Crippen LogP contribution in [0.3, 0.4) is 0 Å². The summed E-state index contributed by atoms with van der Waals surface area (Å²) in [4.78, 5) is 14.0. The first-order valence-corrected chi connectivity index (χ1v) is 2.75. The second-order valence-corrected chi connectivity index (χ2v) is 1.84. The van der Waals surface area contributed by atoms with Gasteiger partial charge in [0.25, 0.3) is 6.43 Å². The smallest absolute Gasteiger partial charge is 0.268 e. The standard InChI is InChI=1S/C6H5F2NO/c7-6(8)4-3-9-2-1-5(4)10/h2-3,6H,1H2. The minimum absolute atomic E-state index is 0.00380. The zero-order valence-corrected chi connectivity index (χ0v) is 5.05. The van der Waals surface area contributed by atoms with Crippen molar-refractivity contribution >= 4 is 12.0 Å². The number of carbonyl (C=O) groups excluding carboxylic acids is 1. The molecule has 0 saturated heterocycles. The van der Waals surface area contributed by atoms with Crippen molar-refractivity contribution in [2.75, 3.05) is 0 Å². The molecule has 1 heterocycles. The van der Waals surface area contributed by atoms with Crippen LogP contribution in [-0.4, -0.2) is 18.4 Å². The normalized spacial score (nSPS) is 17.9. The third kappa shape index (κ3) is 1.26. The van der Waals surface area contributed by atoms with E-state index < -0.39 is 17.8 Å². The zero-order chi connectivity index (χ0) is 7.56. The molecule has 0 aromatic heterocycles. The van der Waals surface area contributed by atoms with Gasteiger partial charge in [-0.25, -0.2) is 8.78 Å². The van der Waals surface area contributed by atoms with Crippen molar-refractivity contribution in [3.63, 3.8) is 0 Å². The highest BCUT2D eigenvalue weighted by Crippen LogP contribution is 2.13. The quantitative estimate of drug-likeness (QED) is 0.544. The zero-order valence-electron chi connectivity index (χ0n) is 5.05. The van der Waals surface area contributed by atoms with Gasteiger partial charge in [-0.1, -0.05) is 0 Å². The van der Waals surface area contributed by atoms with Crippen LogP contribution < -0.4 is 0 Å². The van der Waals surface area contributed by atoms with Gasteiger partial charge in [0.1, 0.15) is 0 Å². The van der Waals surface area contributed by atoms with Crippen molar-refractivity contribution < 1.29 is 13.6 Å². The van der Waals surface area contributed by atoms with Gasteiger partial charge in [-0.15, -0.1) is 0 Å². The van der Waals surface area contributed by atoms with Gasteiger partial charge in [0.05, 0.1) is 5.57 Å². The molecule has 2 nitrogen and oxygen atoms in total. The van der Waals surface area contributed by atoms with Gasteiger partial charge in [-0.3, -0.25) is 9.79 Å². The average Bonchev–Trinajstić information content (AvgIpc) is 1.88. The Morgan fingerprint density at radius 1 is 1.60 bits per heavy atom. The minimum atomic E-state index is -2.69. The first kappa shape index (κ1) is 7.05. The molecule has 10 heavy (non-hydrogen) atoms. The van der Waals surface area contributed by atoms with Crippen LogP contribution in [0.4, 0.5) is 8.78 Å². The summed E-state index contributed by atoms with van der Waals surface area (Å²) >= 11 is 0. The van der Waals surface area contributed by atoms with Crippen LogP contribution in [-0.2, 0) is 4.79 Å². The number of carbonyl (C=O) groups is 1. The summed E-state index contributed by atoms with van der Waals surface area (Å²) in [6.07, 6.45) is -0.467. The Kier molecular flexibility index (Phi) is 1.89. The summed E-state index contributed by atoms with van der Waals surface area (Å²) in [5, 5.41) is 0. The lowest BCUT2D eigenvalue weighted by Gasteiger charge is -2.04. The highest BCUT2D eigenvalue weighted by atomic mass is 19.3. The summed E-state index contributed by atoms with van der Waals surface area (Å²) in [7, 11) is 0. The van der Waals surface area contributed by atoms with E-state index in [2.05, 4.69) is 4.99 Å². The lowest BCUT2D eigenvalue weighted by Crippen LogP contribution is -2.12. The predicted octanol–water partition coefficient (Wildman–Crippen LogP) is 1.18. The molecule has 0 unspecified atom stereocenters. The van der Waals surface area contributed by atoms with Crippen LogP contribution in [0.15, 0.2) is 16.8 Å². The van der Waals surface area contributed by atoms with Crippen LogP contribution in [0.25, 0.3) is 0 Å². The minimum Gasteiger partial charge on any atom is -0.294 e. The molecule has 1 aliphatic heterocycles. The third-order valence-electron chi connectivity index (χ3n) is 1.15. The molecule has 54 valence electrons. The van der Waals surface area contributed by atoms with E-state index in [9.17, 15) is 13.6 Å². The highest BCUT2D eigenvalue weighted by Gasteiger charge is 2.20. The van der Waals surface area contributed by atoms with Crippen molar-refractivity contribution in [1.82, 2.24) is 0 Å². The number of hydrogen-bond donors (Lipinski definition) is 0. The highest BCUT2D eigenvalue weighted by molar-refractivity contribution is 6.05. The van der Waals surface area contributed by atoms with Gasteiger partial charge in [-0.2, -0.15) is 0 Å². The Morgan fingerprint density at radius 2 is 2.30 bits per heavy atom. The van der Waals surface area contributed by atoms with E-state index in [-0.39, 0.29) is 6.42 Å². The molecule has 0 saturated carbocycles. The Bertz CT molecular complexity index is 208. The molecule has 0 fully saturated rings. The number of Topliss-reactive ketones (excluding diaryl/α,β-unsaturated/α-hetero) is 1. The maximum absolute atomic E-state index is 11.8. The molecule has 0 aliphatic carbocycles. The van der Waals surface area contributed by atoms with Crippen molar-refractivity contribution in [2.24, 2.45) is 4.99 Å².